The van der Waals surface area contributed by atoms with Gasteiger partial charge < -0.3 is 14.4 Å². The molecule has 0 aliphatic rings. The predicted molar refractivity (Wildman–Crippen MR) is 75.0 cm³/mol. The first-order valence-corrected chi connectivity index (χ1v) is 6.76. The minimum atomic E-state index is -1.15. The minimum absolute atomic E-state index is 0.0590. The van der Waals surface area contributed by atoms with E-state index < -0.39 is 17.2 Å². The lowest BCUT2D eigenvalue weighted by Gasteiger charge is -2.30. The molecule has 1 aromatic carbocycles. The fourth-order valence-corrected chi connectivity index (χ4v) is 2.12. The summed E-state index contributed by atoms with van der Waals surface area (Å²) in [6.45, 7) is 2.28. The molecule has 1 atom stereocenters. The maximum absolute atomic E-state index is 13.1. The van der Waals surface area contributed by atoms with Gasteiger partial charge >= 0.3 is 5.97 Å². The lowest BCUT2D eigenvalue weighted by molar-refractivity contribution is -0.160. The van der Waals surface area contributed by atoms with E-state index in [0.29, 0.717) is 12.2 Å². The van der Waals surface area contributed by atoms with Gasteiger partial charge in [-0.25, -0.2) is 9.18 Å². The number of nitrogens with one attached hydrogen (secondary N) is 1. The molecule has 0 aromatic heterocycles. The first-order chi connectivity index (χ1) is 10.1. The maximum atomic E-state index is 13.1. The van der Waals surface area contributed by atoms with Crippen LogP contribution >= 0.6 is 0 Å². The van der Waals surface area contributed by atoms with Crippen LogP contribution in [0.5, 0.6) is 0 Å². The molecule has 0 fully saturated rings. The highest BCUT2D eigenvalue weighted by molar-refractivity contribution is 5.83. The number of ether oxygens (including phenoxy) is 1. The molecule has 1 N–H and O–H groups in total. The molecule has 0 spiro atoms. The fourth-order valence-electron chi connectivity index (χ4n) is 2.12. The molecule has 0 amide bonds. The number of hydrogen-bond donors (Lipinski definition) is 1. The van der Waals surface area contributed by atoms with Gasteiger partial charge in [-0.15, -0.1) is 0 Å². The van der Waals surface area contributed by atoms with Gasteiger partial charge in [-0.2, -0.15) is 5.48 Å². The molecule has 5 nitrogen and oxygen atoms in total. The Kier molecular flexibility index (Phi) is 6.98. The maximum Gasteiger partial charge on any atom is 0.337 e. The van der Waals surface area contributed by atoms with Crippen LogP contribution in [0.4, 0.5) is 4.39 Å². The van der Waals surface area contributed by atoms with Gasteiger partial charge in [-0.3, -0.25) is 0 Å². The highest BCUT2D eigenvalue weighted by Crippen LogP contribution is 2.31. The summed E-state index contributed by atoms with van der Waals surface area (Å²) < 4.78 is 18.5. The zero-order chi connectivity index (χ0) is 15.7. The predicted octanol–water partition coefficient (Wildman–Crippen LogP) is 1.76. The van der Waals surface area contributed by atoms with Crippen molar-refractivity contribution >= 4 is 12.3 Å². The smallest absolute Gasteiger partial charge is 0.337 e. The molecule has 0 aliphatic carbocycles. The third-order valence-electron chi connectivity index (χ3n) is 3.22. The molecule has 0 radical (unpaired) electrons. The van der Waals surface area contributed by atoms with Crippen molar-refractivity contribution in [3.8, 4) is 0 Å². The molecule has 0 heterocycles. The van der Waals surface area contributed by atoms with E-state index in [4.69, 9.17) is 9.57 Å². The summed E-state index contributed by atoms with van der Waals surface area (Å²) >= 11 is 0. The third-order valence-corrected chi connectivity index (χ3v) is 3.22. The van der Waals surface area contributed by atoms with Gasteiger partial charge in [0.15, 0.2) is 0 Å². The van der Waals surface area contributed by atoms with Crippen LogP contribution in [0.1, 0.15) is 25.3 Å². The molecular weight excluding hydrogens is 277 g/mol. The molecular formula is C15H20FNO4. The summed E-state index contributed by atoms with van der Waals surface area (Å²) in [4.78, 5) is 28.0. The van der Waals surface area contributed by atoms with Crippen molar-refractivity contribution in [2.45, 2.75) is 25.2 Å². The second-order valence-electron chi connectivity index (χ2n) is 4.53. The van der Waals surface area contributed by atoms with Crippen molar-refractivity contribution in [1.82, 2.24) is 5.48 Å². The first-order valence-electron chi connectivity index (χ1n) is 6.76. The van der Waals surface area contributed by atoms with Gasteiger partial charge in [0, 0.05) is 20.1 Å². The summed E-state index contributed by atoms with van der Waals surface area (Å²) in [5, 5.41) is 0. The number of rotatable bonds is 9. The summed E-state index contributed by atoms with van der Waals surface area (Å²) in [6, 6.07) is 5.55. The summed E-state index contributed by atoms with van der Waals surface area (Å²) in [6.07, 6.45) is 1.13. The Balaban J connectivity index is 3.22. The summed E-state index contributed by atoms with van der Waals surface area (Å²) in [5.74, 6) is -0.965. The van der Waals surface area contributed by atoms with E-state index in [-0.39, 0.29) is 19.4 Å². The van der Waals surface area contributed by atoms with E-state index in [9.17, 15) is 14.0 Å². The van der Waals surface area contributed by atoms with Crippen LogP contribution in [0.25, 0.3) is 0 Å². The monoisotopic (exact) mass is 297 g/mol. The van der Waals surface area contributed by atoms with Gasteiger partial charge in [-0.05, 0) is 31.0 Å². The van der Waals surface area contributed by atoms with E-state index in [1.807, 2.05) is 0 Å². The normalized spacial score (nSPS) is 13.5. The average molecular weight is 297 g/mol. The minimum Gasteiger partial charge on any atom is -0.380 e. The van der Waals surface area contributed by atoms with Crippen molar-refractivity contribution in [2.75, 3.05) is 20.3 Å². The molecule has 1 rings (SSSR count). The van der Waals surface area contributed by atoms with E-state index in [2.05, 4.69) is 5.48 Å². The zero-order valence-corrected chi connectivity index (χ0v) is 12.2. The number of hydrogen-bond acceptors (Lipinski definition) is 5. The molecule has 0 saturated heterocycles. The average Bonchev–Trinajstić information content (AvgIpc) is 2.49. The van der Waals surface area contributed by atoms with Crippen LogP contribution in [-0.2, 0) is 24.6 Å². The third kappa shape index (κ3) is 4.34. The standard InChI is InChI=1S/C15H20FNO4/c1-3-20-11-15(9-4-10-18,14(19)21-17-2)12-5-7-13(16)8-6-12/h5-8,10,17H,3-4,9,11H2,1-2H3. The lowest BCUT2D eigenvalue weighted by Crippen LogP contribution is -2.43. The Labute approximate surface area is 123 Å². The van der Waals surface area contributed by atoms with E-state index >= 15 is 0 Å². The highest BCUT2D eigenvalue weighted by atomic mass is 19.1. The van der Waals surface area contributed by atoms with Gasteiger partial charge in [0.25, 0.3) is 0 Å². The van der Waals surface area contributed by atoms with Gasteiger partial charge in [0.2, 0.25) is 0 Å². The fraction of sp³-hybridized carbons (Fsp3) is 0.467. The molecule has 0 bridgehead atoms. The van der Waals surface area contributed by atoms with Gasteiger partial charge in [0.05, 0.1) is 6.61 Å². The van der Waals surface area contributed by atoms with Gasteiger partial charge in [0.1, 0.15) is 17.5 Å². The second-order valence-corrected chi connectivity index (χ2v) is 4.53. The number of benzene rings is 1. The van der Waals surface area contributed by atoms with Crippen LogP contribution in [0.2, 0.25) is 0 Å². The Morgan fingerprint density at radius 2 is 2.05 bits per heavy atom. The molecule has 0 aliphatic heterocycles. The van der Waals surface area contributed by atoms with Crippen molar-refractivity contribution in [3.63, 3.8) is 0 Å². The van der Waals surface area contributed by atoms with Crippen LogP contribution in [0.15, 0.2) is 24.3 Å². The Morgan fingerprint density at radius 1 is 1.38 bits per heavy atom. The number of hydroxylamine groups is 1. The topological polar surface area (TPSA) is 64.6 Å². The highest BCUT2D eigenvalue weighted by Gasteiger charge is 2.42. The quantitative estimate of drug-likeness (QED) is 0.556. The van der Waals surface area contributed by atoms with Crippen LogP contribution in [0, 0.1) is 5.82 Å². The molecule has 1 aromatic rings. The molecule has 116 valence electrons. The molecule has 21 heavy (non-hydrogen) atoms. The van der Waals surface area contributed by atoms with Crippen molar-refractivity contribution in [3.05, 3.63) is 35.6 Å². The number of carbonyl (C=O) groups is 2. The van der Waals surface area contributed by atoms with Crippen molar-refractivity contribution < 1.29 is 23.6 Å². The molecule has 6 heteroatoms. The number of aldehydes is 1. The zero-order valence-electron chi connectivity index (χ0n) is 12.2. The van der Waals surface area contributed by atoms with Crippen molar-refractivity contribution in [1.29, 1.82) is 0 Å². The van der Waals surface area contributed by atoms with E-state index in [1.165, 1.54) is 31.3 Å². The number of carbonyl (C=O) groups excluding carboxylic acids is 2. The second kappa shape index (κ2) is 8.49. The summed E-state index contributed by atoms with van der Waals surface area (Å²) in [7, 11) is 1.47. The number of halogens is 1. The van der Waals surface area contributed by atoms with Crippen LogP contribution < -0.4 is 5.48 Å². The van der Waals surface area contributed by atoms with E-state index in [1.54, 1.807) is 6.92 Å². The molecule has 1 unspecified atom stereocenters. The van der Waals surface area contributed by atoms with E-state index in [0.717, 1.165) is 6.29 Å². The summed E-state index contributed by atoms with van der Waals surface area (Å²) in [5.41, 5.74) is 1.75. The lowest BCUT2D eigenvalue weighted by atomic mass is 9.77. The van der Waals surface area contributed by atoms with Crippen LogP contribution in [0.3, 0.4) is 0 Å². The van der Waals surface area contributed by atoms with Crippen molar-refractivity contribution in [2.24, 2.45) is 0 Å². The SMILES string of the molecule is CCOCC(CCC=O)(C(=O)ONC)c1ccc(F)cc1. The van der Waals surface area contributed by atoms with Gasteiger partial charge in [-0.1, -0.05) is 12.1 Å². The molecule has 0 saturated carbocycles. The Morgan fingerprint density at radius 3 is 2.57 bits per heavy atom. The Hall–Kier alpha value is -1.79. The largest absolute Gasteiger partial charge is 0.380 e. The van der Waals surface area contributed by atoms with Crippen LogP contribution in [-0.4, -0.2) is 32.5 Å². The Bertz CT molecular complexity index is 463. The first kappa shape index (κ1) is 17.3.